The van der Waals surface area contributed by atoms with Gasteiger partial charge in [0.2, 0.25) is 0 Å². The molecule has 0 aliphatic rings. The molecular formula is C23H35NO3Si. The van der Waals surface area contributed by atoms with E-state index >= 15 is 0 Å². The van der Waals surface area contributed by atoms with Crippen LogP contribution in [0.5, 0.6) is 5.75 Å². The Morgan fingerprint density at radius 3 is 2.18 bits per heavy atom. The van der Waals surface area contributed by atoms with Crippen LogP contribution in [0.25, 0.3) is 0 Å². The maximum Gasteiger partial charge on any atom is 0.119 e. The Hall–Kier alpha value is -1.66. The SMILES string of the molecule is C[Si](C)(CCCCOc1ccc(CCC(N)(CO)CO)cc1)c1ccccc1. The van der Waals surface area contributed by atoms with E-state index in [0.717, 1.165) is 30.8 Å². The van der Waals surface area contributed by atoms with Crippen molar-refractivity contribution in [3.05, 3.63) is 60.2 Å². The second kappa shape index (κ2) is 10.8. The number of ether oxygens (including phenoxy) is 1. The molecule has 5 heteroatoms. The van der Waals surface area contributed by atoms with Gasteiger partial charge in [0.25, 0.3) is 0 Å². The van der Waals surface area contributed by atoms with Crippen LogP contribution in [0, 0.1) is 0 Å². The minimum atomic E-state index is -1.35. The Kier molecular flexibility index (Phi) is 8.70. The van der Waals surface area contributed by atoms with Gasteiger partial charge in [0, 0.05) is 0 Å². The number of hydrogen-bond acceptors (Lipinski definition) is 4. The molecule has 0 heterocycles. The summed E-state index contributed by atoms with van der Waals surface area (Å²) in [5.41, 5.74) is 6.13. The van der Waals surface area contributed by atoms with Crippen molar-refractivity contribution < 1.29 is 14.9 Å². The molecule has 0 aliphatic carbocycles. The predicted molar refractivity (Wildman–Crippen MR) is 119 cm³/mol. The van der Waals surface area contributed by atoms with Crippen LogP contribution in [0.2, 0.25) is 19.1 Å². The topological polar surface area (TPSA) is 75.7 Å². The van der Waals surface area contributed by atoms with E-state index < -0.39 is 13.6 Å². The van der Waals surface area contributed by atoms with Crippen LogP contribution < -0.4 is 15.7 Å². The highest BCUT2D eigenvalue weighted by Crippen LogP contribution is 2.18. The standard InChI is InChI=1S/C23H35NO3Si/c1-28(2,22-8-4-3-5-9-22)17-7-6-16-27-21-12-10-20(11-13-21)14-15-23(24,18-25)19-26/h3-5,8-13,25-26H,6-7,14-19,24H2,1-2H3. The number of unbranched alkanes of at least 4 members (excludes halogenated alkanes) is 1. The van der Waals surface area contributed by atoms with E-state index in [0.29, 0.717) is 6.42 Å². The maximum absolute atomic E-state index is 9.26. The lowest BCUT2D eigenvalue weighted by Gasteiger charge is -2.24. The molecule has 2 aromatic rings. The van der Waals surface area contributed by atoms with Gasteiger partial charge in [-0.3, -0.25) is 0 Å². The van der Waals surface area contributed by atoms with Crippen molar-refractivity contribution in [2.24, 2.45) is 5.73 Å². The molecule has 2 rings (SSSR count). The summed E-state index contributed by atoms with van der Waals surface area (Å²) in [5.74, 6) is 0.881. The summed E-state index contributed by atoms with van der Waals surface area (Å²) in [6, 6.07) is 20.2. The van der Waals surface area contributed by atoms with Crippen LogP contribution in [0.1, 0.15) is 24.8 Å². The largest absolute Gasteiger partial charge is 0.494 e. The third kappa shape index (κ3) is 7.06. The molecule has 0 saturated carbocycles. The third-order valence-corrected chi connectivity index (χ3v) is 8.98. The number of rotatable bonds is 12. The van der Waals surface area contributed by atoms with Gasteiger partial charge in [0.05, 0.1) is 33.4 Å². The van der Waals surface area contributed by atoms with Gasteiger partial charge < -0.3 is 20.7 Å². The molecular weight excluding hydrogens is 366 g/mol. The predicted octanol–water partition coefficient (Wildman–Crippen LogP) is 3.08. The summed E-state index contributed by atoms with van der Waals surface area (Å²) >= 11 is 0. The first-order valence-corrected chi connectivity index (χ1v) is 13.4. The van der Waals surface area contributed by atoms with Crippen molar-refractivity contribution in [3.63, 3.8) is 0 Å². The Bertz CT molecular complexity index is 685. The third-order valence-electron chi connectivity index (χ3n) is 5.48. The van der Waals surface area contributed by atoms with Gasteiger partial charge in [0.1, 0.15) is 5.75 Å². The van der Waals surface area contributed by atoms with Crippen molar-refractivity contribution in [1.29, 1.82) is 0 Å². The molecule has 4 nitrogen and oxygen atoms in total. The molecule has 0 fully saturated rings. The smallest absolute Gasteiger partial charge is 0.119 e. The Labute approximate surface area is 170 Å². The first kappa shape index (κ1) is 22.6. The first-order valence-electron chi connectivity index (χ1n) is 10.2. The molecule has 0 amide bonds. The number of aliphatic hydroxyl groups is 2. The number of nitrogens with two attached hydrogens (primary N) is 1. The van der Waals surface area contributed by atoms with E-state index in [1.54, 1.807) is 0 Å². The second-order valence-corrected chi connectivity index (χ2v) is 13.2. The van der Waals surface area contributed by atoms with E-state index in [2.05, 4.69) is 43.4 Å². The number of aryl methyl sites for hydroxylation is 1. The fourth-order valence-electron chi connectivity index (χ4n) is 3.25. The lowest BCUT2D eigenvalue weighted by atomic mass is 9.94. The van der Waals surface area contributed by atoms with Crippen LogP contribution in [0.3, 0.4) is 0 Å². The minimum Gasteiger partial charge on any atom is -0.494 e. The van der Waals surface area contributed by atoms with Crippen molar-refractivity contribution in [2.75, 3.05) is 19.8 Å². The number of aliphatic hydroxyl groups excluding tert-OH is 2. The van der Waals surface area contributed by atoms with Crippen LogP contribution in [0.4, 0.5) is 0 Å². The highest BCUT2D eigenvalue weighted by molar-refractivity contribution is 6.89. The summed E-state index contributed by atoms with van der Waals surface area (Å²) in [6.07, 6.45) is 3.51. The molecule has 0 bridgehead atoms. The zero-order chi connectivity index (χ0) is 20.5. The van der Waals surface area contributed by atoms with Gasteiger partial charge in [-0.1, -0.05) is 73.2 Å². The lowest BCUT2D eigenvalue weighted by molar-refractivity contribution is 0.115. The molecule has 28 heavy (non-hydrogen) atoms. The van der Waals surface area contributed by atoms with Gasteiger partial charge in [0.15, 0.2) is 0 Å². The first-order chi connectivity index (χ1) is 13.4. The zero-order valence-corrected chi connectivity index (χ0v) is 18.2. The minimum absolute atomic E-state index is 0.214. The molecule has 2 aromatic carbocycles. The van der Waals surface area contributed by atoms with Gasteiger partial charge in [-0.25, -0.2) is 0 Å². The van der Waals surface area contributed by atoms with E-state index in [1.165, 1.54) is 17.7 Å². The molecule has 154 valence electrons. The normalized spacial score (nSPS) is 12.2. The molecule has 0 saturated heterocycles. The average molecular weight is 402 g/mol. The molecule has 0 radical (unpaired) electrons. The Morgan fingerprint density at radius 1 is 0.929 bits per heavy atom. The van der Waals surface area contributed by atoms with E-state index in [1.807, 2.05) is 24.3 Å². The molecule has 0 spiro atoms. The summed E-state index contributed by atoms with van der Waals surface area (Å²) in [5, 5.41) is 20.0. The second-order valence-electron chi connectivity index (χ2n) is 8.38. The number of hydrogen-bond donors (Lipinski definition) is 3. The fraction of sp³-hybridized carbons (Fsp3) is 0.478. The highest BCUT2D eigenvalue weighted by Gasteiger charge is 2.23. The van der Waals surface area contributed by atoms with Gasteiger partial charge in [-0.05, 0) is 37.0 Å². The zero-order valence-electron chi connectivity index (χ0n) is 17.2. The molecule has 0 unspecified atom stereocenters. The highest BCUT2D eigenvalue weighted by atomic mass is 28.3. The summed E-state index contributed by atoms with van der Waals surface area (Å²) in [4.78, 5) is 0. The summed E-state index contributed by atoms with van der Waals surface area (Å²) in [6.45, 7) is 5.18. The Morgan fingerprint density at radius 2 is 1.57 bits per heavy atom. The van der Waals surface area contributed by atoms with Gasteiger partial charge >= 0.3 is 0 Å². The van der Waals surface area contributed by atoms with Gasteiger partial charge in [-0.2, -0.15) is 0 Å². The average Bonchev–Trinajstić information content (AvgIpc) is 2.73. The van der Waals surface area contributed by atoms with Crippen molar-refractivity contribution in [1.82, 2.24) is 0 Å². The van der Waals surface area contributed by atoms with E-state index in [9.17, 15) is 10.2 Å². The van der Waals surface area contributed by atoms with E-state index in [4.69, 9.17) is 10.5 Å². The van der Waals surface area contributed by atoms with Crippen molar-refractivity contribution in [3.8, 4) is 5.75 Å². The number of benzene rings is 2. The van der Waals surface area contributed by atoms with Crippen LogP contribution in [-0.4, -0.2) is 43.6 Å². The maximum atomic E-state index is 9.26. The molecule has 0 atom stereocenters. The van der Waals surface area contributed by atoms with Crippen molar-refractivity contribution >= 4 is 13.3 Å². The lowest BCUT2D eigenvalue weighted by Crippen LogP contribution is -2.47. The molecule has 4 N–H and O–H groups in total. The fourth-order valence-corrected chi connectivity index (χ4v) is 5.76. The monoisotopic (exact) mass is 401 g/mol. The van der Waals surface area contributed by atoms with Gasteiger partial charge in [-0.15, -0.1) is 0 Å². The van der Waals surface area contributed by atoms with Crippen LogP contribution >= 0.6 is 0 Å². The van der Waals surface area contributed by atoms with Crippen LogP contribution in [0.15, 0.2) is 54.6 Å². The Balaban J connectivity index is 1.69. The van der Waals surface area contributed by atoms with Crippen LogP contribution in [-0.2, 0) is 6.42 Å². The van der Waals surface area contributed by atoms with Crippen molar-refractivity contribution in [2.45, 2.75) is 50.4 Å². The summed E-state index contributed by atoms with van der Waals surface area (Å²) in [7, 11) is -1.35. The summed E-state index contributed by atoms with van der Waals surface area (Å²) < 4.78 is 5.88. The quantitative estimate of drug-likeness (QED) is 0.377. The van der Waals surface area contributed by atoms with E-state index in [-0.39, 0.29) is 13.2 Å². The molecule has 0 aliphatic heterocycles. The molecule has 0 aromatic heterocycles.